The summed E-state index contributed by atoms with van der Waals surface area (Å²) in [6.07, 6.45) is 1.81. The topological polar surface area (TPSA) is 75.6 Å². The summed E-state index contributed by atoms with van der Waals surface area (Å²) in [7, 11) is 0. The first kappa shape index (κ1) is 16.8. The number of carbonyl (C=O) groups excluding carboxylic acids is 1. The minimum absolute atomic E-state index is 0.110. The molecule has 2 rings (SSSR count). The van der Waals surface area contributed by atoms with Crippen LogP contribution in [0.2, 0.25) is 0 Å². The van der Waals surface area contributed by atoms with Gasteiger partial charge in [0.2, 0.25) is 0 Å². The van der Waals surface area contributed by atoms with Crippen molar-refractivity contribution in [2.24, 2.45) is 0 Å². The zero-order valence-corrected chi connectivity index (χ0v) is 13.4. The Morgan fingerprint density at radius 3 is 2.95 bits per heavy atom. The van der Waals surface area contributed by atoms with Crippen LogP contribution >= 0.6 is 11.8 Å². The first-order valence-corrected chi connectivity index (χ1v) is 8.49. The van der Waals surface area contributed by atoms with Gasteiger partial charge in [-0.3, -0.25) is 9.59 Å². The molecule has 22 heavy (non-hydrogen) atoms. The van der Waals surface area contributed by atoms with Gasteiger partial charge in [0.25, 0.3) is 5.91 Å². The van der Waals surface area contributed by atoms with E-state index < -0.39 is 11.6 Å². The van der Waals surface area contributed by atoms with Gasteiger partial charge in [0.05, 0.1) is 6.42 Å². The average Bonchev–Trinajstić information content (AvgIpc) is 2.92. The number of anilines is 1. The molecule has 5 nitrogen and oxygen atoms in total. The molecule has 1 aliphatic heterocycles. The number of benzene rings is 1. The molecule has 1 atom stereocenters. The van der Waals surface area contributed by atoms with E-state index in [-0.39, 0.29) is 12.3 Å². The second-order valence-corrected chi connectivity index (χ2v) is 6.64. The number of rotatable bonds is 7. The van der Waals surface area contributed by atoms with Gasteiger partial charge in [0, 0.05) is 23.8 Å². The van der Waals surface area contributed by atoms with Crippen molar-refractivity contribution in [3.8, 4) is 0 Å². The van der Waals surface area contributed by atoms with Crippen molar-refractivity contribution in [3.63, 3.8) is 0 Å². The molecule has 1 saturated heterocycles. The number of hydrogen-bond donors (Lipinski definition) is 2. The lowest BCUT2D eigenvalue weighted by atomic mass is 10.0. The summed E-state index contributed by atoms with van der Waals surface area (Å²) in [5.74, 6) is 0.418. The van der Waals surface area contributed by atoms with Crippen LogP contribution in [0.5, 0.6) is 0 Å². The van der Waals surface area contributed by atoms with Crippen molar-refractivity contribution < 1.29 is 19.4 Å². The number of carboxylic acids is 1. The number of hydrogen-bond acceptors (Lipinski definition) is 4. The maximum Gasteiger partial charge on any atom is 0.304 e. The van der Waals surface area contributed by atoms with Gasteiger partial charge in [-0.2, -0.15) is 11.8 Å². The number of carbonyl (C=O) groups is 2. The third-order valence-electron chi connectivity index (χ3n) is 3.61. The molecule has 1 fully saturated rings. The van der Waals surface area contributed by atoms with Crippen molar-refractivity contribution in [2.45, 2.75) is 37.5 Å². The van der Waals surface area contributed by atoms with Gasteiger partial charge in [0.1, 0.15) is 5.60 Å². The summed E-state index contributed by atoms with van der Waals surface area (Å²) in [4.78, 5) is 22.7. The second kappa shape index (κ2) is 7.65. The number of thioether (sulfide) groups is 1. The average molecular weight is 323 g/mol. The van der Waals surface area contributed by atoms with Gasteiger partial charge in [-0.15, -0.1) is 0 Å². The van der Waals surface area contributed by atoms with Crippen LogP contribution in [0.25, 0.3) is 0 Å². The summed E-state index contributed by atoms with van der Waals surface area (Å²) in [5, 5.41) is 11.5. The molecule has 0 bridgehead atoms. The van der Waals surface area contributed by atoms with Crippen molar-refractivity contribution >= 4 is 29.3 Å². The van der Waals surface area contributed by atoms with Gasteiger partial charge in [-0.05, 0) is 37.5 Å². The van der Waals surface area contributed by atoms with Gasteiger partial charge in [-0.25, -0.2) is 0 Å². The van der Waals surface area contributed by atoms with Crippen LogP contribution in [-0.2, 0) is 20.1 Å². The van der Waals surface area contributed by atoms with E-state index in [1.165, 1.54) is 0 Å². The quantitative estimate of drug-likeness (QED) is 0.755. The lowest BCUT2D eigenvalue weighted by molar-refractivity contribution is -0.136. The van der Waals surface area contributed by atoms with Crippen LogP contribution in [0.1, 0.15) is 31.7 Å². The van der Waals surface area contributed by atoms with Crippen LogP contribution < -0.4 is 5.32 Å². The van der Waals surface area contributed by atoms with Crippen molar-refractivity contribution in [1.82, 2.24) is 0 Å². The Balaban J connectivity index is 1.88. The SMILES string of the molecule is CC1(C(=O)Nc2cccc(CSCCC(=O)O)c2)CCCO1. The monoisotopic (exact) mass is 323 g/mol. The second-order valence-electron chi connectivity index (χ2n) is 5.53. The van der Waals surface area contributed by atoms with E-state index in [2.05, 4.69) is 5.32 Å². The van der Waals surface area contributed by atoms with Crippen LogP contribution in [0.4, 0.5) is 5.69 Å². The van der Waals surface area contributed by atoms with Crippen LogP contribution in [0.3, 0.4) is 0 Å². The zero-order valence-electron chi connectivity index (χ0n) is 12.6. The Kier molecular flexibility index (Phi) is 5.85. The molecule has 0 spiro atoms. The fraction of sp³-hybridized carbons (Fsp3) is 0.500. The fourth-order valence-electron chi connectivity index (χ4n) is 2.31. The first-order chi connectivity index (χ1) is 10.5. The molecule has 1 amide bonds. The lowest BCUT2D eigenvalue weighted by Crippen LogP contribution is -2.39. The molecule has 6 heteroatoms. The molecule has 0 aliphatic carbocycles. The third-order valence-corrected chi connectivity index (χ3v) is 4.64. The standard InChI is InChI=1S/C16H21NO4S/c1-16(7-3-8-21-16)15(20)17-13-5-2-4-12(10-13)11-22-9-6-14(18)19/h2,4-5,10H,3,6-9,11H2,1H3,(H,17,20)(H,18,19). The highest BCUT2D eigenvalue weighted by Gasteiger charge is 2.37. The van der Waals surface area contributed by atoms with Crippen molar-refractivity contribution in [3.05, 3.63) is 29.8 Å². The molecule has 0 radical (unpaired) electrons. The van der Waals surface area contributed by atoms with E-state index in [4.69, 9.17) is 9.84 Å². The number of carboxylic acid groups (broad SMARTS) is 1. The highest BCUT2D eigenvalue weighted by molar-refractivity contribution is 7.98. The van der Waals surface area contributed by atoms with Gasteiger partial charge in [0.15, 0.2) is 0 Å². The highest BCUT2D eigenvalue weighted by atomic mass is 32.2. The molecule has 1 aliphatic rings. The van der Waals surface area contributed by atoms with Gasteiger partial charge < -0.3 is 15.2 Å². The summed E-state index contributed by atoms with van der Waals surface area (Å²) in [6, 6.07) is 7.63. The largest absolute Gasteiger partial charge is 0.481 e. The van der Waals surface area contributed by atoms with E-state index >= 15 is 0 Å². The number of ether oxygens (including phenoxy) is 1. The Labute approximate surface area is 134 Å². The smallest absolute Gasteiger partial charge is 0.304 e. The Hall–Kier alpha value is -1.53. The lowest BCUT2D eigenvalue weighted by Gasteiger charge is -2.22. The minimum Gasteiger partial charge on any atom is -0.481 e. The predicted molar refractivity (Wildman–Crippen MR) is 87.1 cm³/mol. The van der Waals surface area contributed by atoms with Crippen LogP contribution in [0, 0.1) is 0 Å². The molecule has 1 unspecified atom stereocenters. The molecular weight excluding hydrogens is 302 g/mol. The third kappa shape index (κ3) is 4.74. The van der Waals surface area contributed by atoms with E-state index in [1.54, 1.807) is 11.8 Å². The van der Waals surface area contributed by atoms with Gasteiger partial charge in [-0.1, -0.05) is 12.1 Å². The Bertz CT molecular complexity index is 541. The van der Waals surface area contributed by atoms with Crippen molar-refractivity contribution in [2.75, 3.05) is 17.7 Å². The molecule has 120 valence electrons. The molecule has 1 aromatic rings. The highest BCUT2D eigenvalue weighted by Crippen LogP contribution is 2.27. The molecule has 2 N–H and O–H groups in total. The Morgan fingerprint density at radius 2 is 2.27 bits per heavy atom. The summed E-state index contributed by atoms with van der Waals surface area (Å²) in [6.45, 7) is 2.45. The summed E-state index contributed by atoms with van der Waals surface area (Å²) in [5.41, 5.74) is 1.08. The minimum atomic E-state index is -0.779. The van der Waals surface area contributed by atoms with Crippen LogP contribution in [0.15, 0.2) is 24.3 Å². The maximum atomic E-state index is 12.3. The van der Waals surface area contributed by atoms with E-state index in [0.717, 1.165) is 29.8 Å². The van der Waals surface area contributed by atoms with Gasteiger partial charge >= 0.3 is 5.97 Å². The number of nitrogens with one attached hydrogen (secondary N) is 1. The molecular formula is C16H21NO4S. The fourth-order valence-corrected chi connectivity index (χ4v) is 3.19. The van der Waals surface area contributed by atoms with E-state index in [1.807, 2.05) is 31.2 Å². The van der Waals surface area contributed by atoms with Crippen molar-refractivity contribution in [1.29, 1.82) is 0 Å². The summed E-state index contributed by atoms with van der Waals surface area (Å²) >= 11 is 1.57. The maximum absolute atomic E-state index is 12.3. The Morgan fingerprint density at radius 1 is 1.45 bits per heavy atom. The number of aliphatic carboxylic acids is 1. The molecule has 1 heterocycles. The normalized spacial score (nSPS) is 20.8. The first-order valence-electron chi connectivity index (χ1n) is 7.33. The molecule has 0 saturated carbocycles. The van der Waals surface area contributed by atoms with E-state index in [9.17, 15) is 9.59 Å². The number of amides is 1. The zero-order chi connectivity index (χ0) is 16.0. The van der Waals surface area contributed by atoms with Crippen LogP contribution in [-0.4, -0.2) is 34.9 Å². The molecule has 0 aromatic heterocycles. The molecule has 1 aromatic carbocycles. The summed E-state index contributed by atoms with van der Waals surface area (Å²) < 4.78 is 5.53. The predicted octanol–water partition coefficient (Wildman–Crippen LogP) is 2.90. The van der Waals surface area contributed by atoms with E-state index in [0.29, 0.717) is 12.4 Å².